The van der Waals surface area contributed by atoms with Crippen LogP contribution in [0.2, 0.25) is 0 Å². The number of ether oxygens (including phenoxy) is 1. The third-order valence-corrected chi connectivity index (χ3v) is 3.08. The van der Waals surface area contributed by atoms with Crippen LogP contribution in [0.25, 0.3) is 5.69 Å². The Kier molecular flexibility index (Phi) is 5.09. The van der Waals surface area contributed by atoms with Gasteiger partial charge in [-0.25, -0.2) is 0 Å². The molecule has 0 bridgehead atoms. The maximum Gasteiger partial charge on any atom is 0.335 e. The smallest absolute Gasteiger partial charge is 0.335 e. The van der Waals surface area contributed by atoms with Crippen molar-refractivity contribution in [2.24, 2.45) is 0 Å². The molecule has 0 aliphatic carbocycles. The van der Waals surface area contributed by atoms with Crippen LogP contribution in [0, 0.1) is 20.2 Å². The van der Waals surface area contributed by atoms with Gasteiger partial charge in [-0.05, 0) is 24.0 Å². The summed E-state index contributed by atoms with van der Waals surface area (Å²) in [6.07, 6.45) is 1.06. The number of nitrogens with zero attached hydrogens (tertiary/aromatic N) is 3. The van der Waals surface area contributed by atoms with E-state index in [2.05, 4.69) is 5.32 Å². The van der Waals surface area contributed by atoms with E-state index in [0.29, 0.717) is 11.4 Å². The molecule has 24 heavy (non-hydrogen) atoms. The highest BCUT2D eigenvalue weighted by Gasteiger charge is 2.25. The Balaban J connectivity index is 2.40. The summed E-state index contributed by atoms with van der Waals surface area (Å²) < 4.78 is 5.89. The van der Waals surface area contributed by atoms with E-state index in [-0.39, 0.29) is 13.2 Å². The molecule has 10 heteroatoms. The van der Waals surface area contributed by atoms with Gasteiger partial charge in [0.1, 0.15) is 12.6 Å². The topological polar surface area (TPSA) is 130 Å². The molecular formula is C14H14N4O6. The minimum absolute atomic E-state index is 0.137. The van der Waals surface area contributed by atoms with E-state index in [0.717, 1.165) is 16.8 Å². The minimum Gasteiger partial charge on any atom is -0.465 e. The summed E-state index contributed by atoms with van der Waals surface area (Å²) in [5.74, 6) is -0.938. The van der Waals surface area contributed by atoms with E-state index in [4.69, 9.17) is 4.74 Å². The molecule has 0 aliphatic heterocycles. The summed E-state index contributed by atoms with van der Waals surface area (Å²) >= 11 is 0. The lowest BCUT2D eigenvalue weighted by molar-refractivity contribution is -0.394. The summed E-state index contributed by atoms with van der Waals surface area (Å²) in [4.78, 5) is 32.1. The number of nitrogens with one attached hydrogen (secondary N) is 1. The fourth-order valence-corrected chi connectivity index (χ4v) is 2.08. The lowest BCUT2D eigenvalue weighted by Crippen LogP contribution is -2.17. The van der Waals surface area contributed by atoms with Crippen LogP contribution in [0.3, 0.4) is 0 Å². The third kappa shape index (κ3) is 3.66. The van der Waals surface area contributed by atoms with Crippen molar-refractivity contribution in [2.45, 2.75) is 6.92 Å². The van der Waals surface area contributed by atoms with Gasteiger partial charge in [-0.3, -0.25) is 14.9 Å². The number of carbonyl (C=O) groups is 1. The zero-order valence-corrected chi connectivity index (χ0v) is 12.7. The van der Waals surface area contributed by atoms with E-state index in [9.17, 15) is 25.0 Å². The van der Waals surface area contributed by atoms with Gasteiger partial charge >= 0.3 is 17.5 Å². The number of benzene rings is 1. The molecule has 2 rings (SSSR count). The van der Waals surface area contributed by atoms with Gasteiger partial charge in [0.05, 0.1) is 17.2 Å². The predicted molar refractivity (Wildman–Crippen MR) is 84.2 cm³/mol. The van der Waals surface area contributed by atoms with Crippen molar-refractivity contribution >= 4 is 23.2 Å². The van der Waals surface area contributed by atoms with E-state index in [1.54, 1.807) is 31.2 Å². The summed E-state index contributed by atoms with van der Waals surface area (Å²) in [6.45, 7) is 1.77. The van der Waals surface area contributed by atoms with Gasteiger partial charge in [0.2, 0.25) is 0 Å². The zero-order chi connectivity index (χ0) is 17.7. The molecule has 126 valence electrons. The number of para-hydroxylation sites is 2. The van der Waals surface area contributed by atoms with Crippen LogP contribution in [-0.4, -0.2) is 33.5 Å². The highest BCUT2D eigenvalue weighted by molar-refractivity contribution is 5.76. The second-order valence-electron chi connectivity index (χ2n) is 4.62. The first-order valence-corrected chi connectivity index (χ1v) is 6.94. The zero-order valence-electron chi connectivity index (χ0n) is 12.7. The van der Waals surface area contributed by atoms with E-state index < -0.39 is 27.3 Å². The number of rotatable bonds is 7. The molecule has 1 aromatic carbocycles. The Morgan fingerprint density at radius 3 is 2.58 bits per heavy atom. The maximum absolute atomic E-state index is 11.4. The average Bonchev–Trinajstić information content (AvgIpc) is 2.99. The van der Waals surface area contributed by atoms with Gasteiger partial charge in [-0.2, -0.15) is 4.57 Å². The number of esters is 1. The van der Waals surface area contributed by atoms with Gasteiger partial charge in [-0.1, -0.05) is 12.1 Å². The summed E-state index contributed by atoms with van der Waals surface area (Å²) in [6, 6.07) is 7.32. The van der Waals surface area contributed by atoms with Crippen molar-refractivity contribution in [3.8, 4) is 5.69 Å². The molecular weight excluding hydrogens is 320 g/mol. The Labute approximate surface area is 135 Å². The summed E-state index contributed by atoms with van der Waals surface area (Å²) in [5.41, 5.74) is 0.308. The standard InChI is InChI=1S/C14H14N4O6/c1-2-24-14(19)8-15-11-5-3-4-6-12(11)16-9-10(17(20)21)7-13(16)18(22)23/h3-7,9,15H,2,8H2,1H3. The first-order chi connectivity index (χ1) is 11.4. The van der Waals surface area contributed by atoms with Crippen LogP contribution in [-0.2, 0) is 9.53 Å². The molecule has 1 aromatic heterocycles. The van der Waals surface area contributed by atoms with E-state index in [1.165, 1.54) is 0 Å². The van der Waals surface area contributed by atoms with Gasteiger partial charge in [-0.15, -0.1) is 0 Å². The summed E-state index contributed by atoms with van der Waals surface area (Å²) in [5, 5.41) is 24.9. The van der Waals surface area contributed by atoms with Crippen LogP contribution in [0.1, 0.15) is 6.92 Å². The van der Waals surface area contributed by atoms with Gasteiger partial charge in [0.25, 0.3) is 0 Å². The molecule has 0 unspecified atom stereocenters. The van der Waals surface area contributed by atoms with Crippen LogP contribution >= 0.6 is 0 Å². The van der Waals surface area contributed by atoms with Crippen molar-refractivity contribution in [1.82, 2.24) is 4.57 Å². The van der Waals surface area contributed by atoms with Crippen molar-refractivity contribution in [3.05, 3.63) is 56.8 Å². The molecule has 2 aromatic rings. The Bertz CT molecular complexity index is 785. The van der Waals surface area contributed by atoms with Crippen LogP contribution in [0.4, 0.5) is 17.2 Å². The van der Waals surface area contributed by atoms with Crippen LogP contribution in [0.5, 0.6) is 0 Å². The number of aromatic nitrogens is 1. The number of nitro groups is 2. The molecule has 10 nitrogen and oxygen atoms in total. The fourth-order valence-electron chi connectivity index (χ4n) is 2.08. The van der Waals surface area contributed by atoms with Crippen molar-refractivity contribution in [3.63, 3.8) is 0 Å². The second-order valence-corrected chi connectivity index (χ2v) is 4.62. The van der Waals surface area contributed by atoms with Crippen LogP contribution < -0.4 is 5.32 Å². The van der Waals surface area contributed by atoms with E-state index >= 15 is 0 Å². The molecule has 1 N–H and O–H groups in total. The average molecular weight is 334 g/mol. The Hall–Kier alpha value is -3.43. The van der Waals surface area contributed by atoms with Gasteiger partial charge in [0, 0.05) is 0 Å². The van der Waals surface area contributed by atoms with Crippen molar-refractivity contribution in [1.29, 1.82) is 0 Å². The largest absolute Gasteiger partial charge is 0.465 e. The first kappa shape index (κ1) is 16.9. The van der Waals surface area contributed by atoms with E-state index in [1.807, 2.05) is 0 Å². The number of anilines is 1. The number of hydrogen-bond donors (Lipinski definition) is 1. The quantitative estimate of drug-likeness (QED) is 0.467. The molecule has 0 amide bonds. The molecule has 0 atom stereocenters. The molecule has 1 heterocycles. The molecule has 0 spiro atoms. The molecule has 0 saturated carbocycles. The lowest BCUT2D eigenvalue weighted by Gasteiger charge is -2.10. The second kappa shape index (κ2) is 7.22. The Morgan fingerprint density at radius 2 is 1.96 bits per heavy atom. The lowest BCUT2D eigenvalue weighted by atomic mass is 10.2. The maximum atomic E-state index is 11.4. The molecule has 0 aliphatic rings. The monoisotopic (exact) mass is 334 g/mol. The molecule has 0 saturated heterocycles. The Morgan fingerprint density at radius 1 is 1.25 bits per heavy atom. The van der Waals surface area contributed by atoms with Crippen molar-refractivity contribution < 1.29 is 19.4 Å². The van der Waals surface area contributed by atoms with Crippen LogP contribution in [0.15, 0.2) is 36.5 Å². The predicted octanol–water partition coefficient (Wildman–Crippen LogP) is 2.27. The highest BCUT2D eigenvalue weighted by atomic mass is 16.6. The highest BCUT2D eigenvalue weighted by Crippen LogP contribution is 2.30. The number of hydrogen-bond acceptors (Lipinski definition) is 7. The van der Waals surface area contributed by atoms with Gasteiger partial charge < -0.3 is 20.2 Å². The minimum atomic E-state index is -0.713. The molecule has 0 radical (unpaired) electrons. The fraction of sp³-hybridized carbons (Fsp3) is 0.214. The number of carbonyl (C=O) groups excluding carboxylic acids is 1. The SMILES string of the molecule is CCOC(=O)CNc1ccccc1-n1cc([N+](=O)[O-])cc1[N+](=O)[O-]. The summed E-state index contributed by atoms with van der Waals surface area (Å²) in [7, 11) is 0. The van der Waals surface area contributed by atoms with Gasteiger partial charge in [0.15, 0.2) is 11.9 Å². The third-order valence-electron chi connectivity index (χ3n) is 3.08. The normalized spacial score (nSPS) is 10.2. The first-order valence-electron chi connectivity index (χ1n) is 6.94. The van der Waals surface area contributed by atoms with Crippen molar-refractivity contribution in [2.75, 3.05) is 18.5 Å². The molecule has 0 fully saturated rings.